The number of hydrogen-bond donors (Lipinski definition) is 1. The van der Waals surface area contributed by atoms with Crippen molar-refractivity contribution in [2.75, 3.05) is 44.8 Å². The van der Waals surface area contributed by atoms with Gasteiger partial charge in [0.05, 0.1) is 38.0 Å². The van der Waals surface area contributed by atoms with E-state index in [0.29, 0.717) is 30.3 Å². The van der Waals surface area contributed by atoms with Crippen molar-refractivity contribution < 1.29 is 28.6 Å². The number of nitrogens with zero attached hydrogens (tertiary/aromatic N) is 1. The minimum absolute atomic E-state index is 0.0704. The fourth-order valence-corrected chi connectivity index (χ4v) is 3.95. The Morgan fingerprint density at radius 1 is 1.22 bits per heavy atom. The zero-order chi connectivity index (χ0) is 20.0. The van der Waals surface area contributed by atoms with Gasteiger partial charge in [0, 0.05) is 13.1 Å². The predicted octanol–water partition coefficient (Wildman–Crippen LogP) is 2.07. The maximum absolute atomic E-state index is 12.5. The van der Waals surface area contributed by atoms with Crippen LogP contribution in [0.5, 0.6) is 0 Å². The highest BCUT2D eigenvalue weighted by atomic mass is 32.1. The maximum atomic E-state index is 12.5. The van der Waals surface area contributed by atoms with Crippen molar-refractivity contribution in [1.29, 1.82) is 0 Å². The fraction of sp³-hybridized carbons (Fsp3) is 0.611. The van der Waals surface area contributed by atoms with Gasteiger partial charge in [-0.1, -0.05) is 0 Å². The van der Waals surface area contributed by atoms with Crippen molar-refractivity contribution in [3.63, 3.8) is 0 Å². The van der Waals surface area contributed by atoms with Gasteiger partial charge in [-0.15, -0.1) is 11.3 Å². The minimum atomic E-state index is -0.572. The Balaban J connectivity index is 2.20. The van der Waals surface area contributed by atoms with E-state index in [1.165, 1.54) is 0 Å². The third-order valence-electron chi connectivity index (χ3n) is 4.03. The number of ether oxygens (including phenoxy) is 3. The lowest BCUT2D eigenvalue weighted by Crippen LogP contribution is -2.44. The summed E-state index contributed by atoms with van der Waals surface area (Å²) < 4.78 is 15.6. The van der Waals surface area contributed by atoms with Gasteiger partial charge in [-0.3, -0.25) is 9.69 Å². The molecule has 27 heavy (non-hydrogen) atoms. The molecule has 0 spiro atoms. The molecule has 1 amide bonds. The van der Waals surface area contributed by atoms with Crippen LogP contribution in [0.2, 0.25) is 0 Å². The Morgan fingerprint density at radius 2 is 1.89 bits per heavy atom. The molecule has 0 aromatic carbocycles. The van der Waals surface area contributed by atoms with E-state index in [0.717, 1.165) is 11.3 Å². The van der Waals surface area contributed by atoms with Gasteiger partial charge in [0.25, 0.3) is 0 Å². The second kappa shape index (κ2) is 9.82. The van der Waals surface area contributed by atoms with Crippen LogP contribution in [0, 0.1) is 6.92 Å². The third kappa shape index (κ3) is 5.50. The van der Waals surface area contributed by atoms with Gasteiger partial charge in [-0.25, -0.2) is 9.59 Å². The summed E-state index contributed by atoms with van der Waals surface area (Å²) in [5.74, 6) is -1.35. The average Bonchev–Trinajstić information content (AvgIpc) is 2.91. The number of amides is 1. The summed E-state index contributed by atoms with van der Waals surface area (Å²) >= 11 is 1.03. The standard InChI is InChI=1S/C18H26N2O6S/c1-5-24-17(22)14-12(4)15(18(23)25-6-2)27-16(14)19-13(21)10-20-7-8-26-11(3)9-20/h11H,5-10H2,1-4H3,(H,19,21). The number of hydrogen-bond acceptors (Lipinski definition) is 8. The van der Waals surface area contributed by atoms with E-state index in [9.17, 15) is 14.4 Å². The number of rotatable bonds is 7. The molecule has 0 aliphatic carbocycles. The highest BCUT2D eigenvalue weighted by Crippen LogP contribution is 2.34. The van der Waals surface area contributed by atoms with E-state index in [1.807, 2.05) is 11.8 Å². The van der Waals surface area contributed by atoms with Crippen LogP contribution in [0.25, 0.3) is 0 Å². The van der Waals surface area contributed by atoms with E-state index >= 15 is 0 Å². The molecule has 9 heteroatoms. The lowest BCUT2D eigenvalue weighted by molar-refractivity contribution is -0.119. The Labute approximate surface area is 162 Å². The summed E-state index contributed by atoms with van der Waals surface area (Å²) in [4.78, 5) is 39.3. The molecular formula is C18H26N2O6S. The molecule has 1 N–H and O–H groups in total. The fourth-order valence-electron chi connectivity index (χ4n) is 2.85. The number of nitrogens with one attached hydrogen (secondary N) is 1. The zero-order valence-electron chi connectivity index (χ0n) is 16.1. The van der Waals surface area contributed by atoms with Crippen molar-refractivity contribution in [2.45, 2.75) is 33.8 Å². The smallest absolute Gasteiger partial charge is 0.348 e. The monoisotopic (exact) mass is 398 g/mol. The Bertz CT molecular complexity index is 702. The van der Waals surface area contributed by atoms with Crippen LogP contribution in [0.4, 0.5) is 5.00 Å². The lowest BCUT2D eigenvalue weighted by atomic mass is 10.1. The maximum Gasteiger partial charge on any atom is 0.348 e. The minimum Gasteiger partial charge on any atom is -0.462 e. The molecule has 1 aromatic rings. The quantitative estimate of drug-likeness (QED) is 0.703. The van der Waals surface area contributed by atoms with Crippen LogP contribution in [0.15, 0.2) is 0 Å². The normalized spacial score (nSPS) is 17.4. The van der Waals surface area contributed by atoms with Gasteiger partial charge in [-0.05, 0) is 33.3 Å². The summed E-state index contributed by atoms with van der Waals surface area (Å²) in [6.45, 7) is 9.52. The van der Waals surface area contributed by atoms with E-state index in [1.54, 1.807) is 20.8 Å². The molecular weight excluding hydrogens is 372 g/mol. The number of anilines is 1. The number of morpholine rings is 1. The van der Waals surface area contributed by atoms with Gasteiger partial charge in [-0.2, -0.15) is 0 Å². The SMILES string of the molecule is CCOC(=O)c1sc(NC(=O)CN2CCOC(C)C2)c(C(=O)OCC)c1C. The molecule has 0 bridgehead atoms. The highest BCUT2D eigenvalue weighted by molar-refractivity contribution is 7.18. The molecule has 0 radical (unpaired) electrons. The van der Waals surface area contributed by atoms with Crippen LogP contribution in [-0.2, 0) is 19.0 Å². The molecule has 2 rings (SSSR count). The van der Waals surface area contributed by atoms with Crippen molar-refractivity contribution in [3.8, 4) is 0 Å². The second-order valence-electron chi connectivity index (χ2n) is 6.17. The molecule has 8 nitrogen and oxygen atoms in total. The molecule has 150 valence electrons. The van der Waals surface area contributed by atoms with Gasteiger partial charge < -0.3 is 19.5 Å². The van der Waals surface area contributed by atoms with Crippen molar-refractivity contribution in [3.05, 3.63) is 16.0 Å². The average molecular weight is 398 g/mol. The molecule has 1 fully saturated rings. The topological polar surface area (TPSA) is 94.2 Å². The highest BCUT2D eigenvalue weighted by Gasteiger charge is 2.28. The van der Waals surface area contributed by atoms with Crippen LogP contribution in [-0.4, -0.2) is 68.3 Å². The Kier molecular flexibility index (Phi) is 7.76. The zero-order valence-corrected chi connectivity index (χ0v) is 16.9. The summed E-state index contributed by atoms with van der Waals surface area (Å²) in [6, 6.07) is 0. The van der Waals surface area contributed by atoms with Gasteiger partial charge >= 0.3 is 11.9 Å². The second-order valence-corrected chi connectivity index (χ2v) is 7.19. The molecule has 1 aromatic heterocycles. The van der Waals surface area contributed by atoms with E-state index in [-0.39, 0.29) is 42.2 Å². The summed E-state index contributed by atoms with van der Waals surface area (Å²) in [5.41, 5.74) is 0.654. The molecule has 1 unspecified atom stereocenters. The Morgan fingerprint density at radius 3 is 2.52 bits per heavy atom. The number of esters is 2. The summed E-state index contributed by atoms with van der Waals surface area (Å²) in [6.07, 6.45) is 0.0704. The van der Waals surface area contributed by atoms with Crippen molar-refractivity contribution in [2.24, 2.45) is 0 Å². The summed E-state index contributed by atoms with van der Waals surface area (Å²) in [7, 11) is 0. The first-order valence-corrected chi connectivity index (χ1v) is 9.80. The van der Waals surface area contributed by atoms with Crippen LogP contribution >= 0.6 is 11.3 Å². The molecule has 1 aliphatic heterocycles. The largest absolute Gasteiger partial charge is 0.462 e. The molecule has 2 heterocycles. The van der Waals surface area contributed by atoms with Crippen LogP contribution in [0.1, 0.15) is 46.4 Å². The first-order chi connectivity index (χ1) is 12.9. The van der Waals surface area contributed by atoms with E-state index in [4.69, 9.17) is 14.2 Å². The molecule has 0 saturated carbocycles. The van der Waals surface area contributed by atoms with E-state index < -0.39 is 11.9 Å². The number of thiophene rings is 1. The van der Waals surface area contributed by atoms with Crippen molar-refractivity contribution in [1.82, 2.24) is 4.90 Å². The van der Waals surface area contributed by atoms with Gasteiger partial charge in [0.15, 0.2) is 0 Å². The number of carbonyl (C=O) groups is 3. The Hall–Kier alpha value is -1.97. The first-order valence-electron chi connectivity index (χ1n) is 8.98. The first kappa shape index (κ1) is 21.3. The van der Waals surface area contributed by atoms with Crippen LogP contribution < -0.4 is 5.32 Å². The third-order valence-corrected chi connectivity index (χ3v) is 5.22. The molecule has 1 atom stereocenters. The van der Waals surface area contributed by atoms with Gasteiger partial charge in [0.2, 0.25) is 5.91 Å². The van der Waals surface area contributed by atoms with E-state index in [2.05, 4.69) is 5.32 Å². The molecule has 1 aliphatic rings. The summed E-state index contributed by atoms with van der Waals surface area (Å²) in [5, 5.41) is 3.06. The van der Waals surface area contributed by atoms with Gasteiger partial charge in [0.1, 0.15) is 9.88 Å². The molecule has 1 saturated heterocycles. The number of carbonyl (C=O) groups excluding carboxylic acids is 3. The van der Waals surface area contributed by atoms with Crippen LogP contribution in [0.3, 0.4) is 0 Å². The van der Waals surface area contributed by atoms with Crippen molar-refractivity contribution >= 4 is 34.2 Å². The predicted molar refractivity (Wildman–Crippen MR) is 101 cm³/mol. The lowest BCUT2D eigenvalue weighted by Gasteiger charge is -2.30.